The molecule has 0 aromatic carbocycles. The molecule has 4 rings (SSSR count). The van der Waals surface area contributed by atoms with Crippen molar-refractivity contribution < 1.29 is 4.79 Å². The van der Waals surface area contributed by atoms with Crippen molar-refractivity contribution in [3.8, 4) is 0 Å². The van der Waals surface area contributed by atoms with Crippen LogP contribution in [0.25, 0.3) is 0 Å². The van der Waals surface area contributed by atoms with Crippen LogP contribution in [0.4, 0.5) is 0 Å². The minimum absolute atomic E-state index is 0.301. The van der Waals surface area contributed by atoms with E-state index in [2.05, 4.69) is 46.9 Å². The van der Waals surface area contributed by atoms with Gasteiger partial charge in [0.25, 0.3) is 0 Å². The number of rotatable bonds is 5. The van der Waals surface area contributed by atoms with Crippen LogP contribution in [-0.2, 0) is 4.79 Å². The Kier molecular flexibility index (Phi) is 5.88. The Hall–Kier alpha value is -0.530. The second-order valence-corrected chi connectivity index (χ2v) is 12.7. The molecule has 9 atom stereocenters. The Labute approximate surface area is 180 Å². The average Bonchev–Trinajstić information content (AvgIpc) is 3.00. The number of carbonyl (C=O) groups excluding carboxylic acids is 1. The van der Waals surface area contributed by atoms with E-state index in [1.165, 1.54) is 51.4 Å². The Morgan fingerprint density at radius 2 is 1.72 bits per heavy atom. The van der Waals surface area contributed by atoms with Crippen molar-refractivity contribution in [3.05, 3.63) is 0 Å². The molecule has 166 valence electrons. The number of amides is 1. The molecule has 1 N–H and O–H groups in total. The quantitative estimate of drug-likeness (QED) is 0.537. The van der Waals surface area contributed by atoms with Gasteiger partial charge in [-0.3, -0.25) is 4.79 Å². The largest absolute Gasteiger partial charge is 0.353 e. The summed E-state index contributed by atoms with van der Waals surface area (Å²) in [7, 11) is 0. The molecule has 1 aliphatic heterocycles. The molecule has 0 bridgehead atoms. The fourth-order valence-electron chi connectivity index (χ4n) is 9.07. The lowest BCUT2D eigenvalue weighted by Crippen LogP contribution is -2.63. The van der Waals surface area contributed by atoms with Gasteiger partial charge in [0.2, 0.25) is 5.91 Å². The summed E-state index contributed by atoms with van der Waals surface area (Å²) in [5.74, 6) is 6.36. The minimum Gasteiger partial charge on any atom is -0.353 e. The lowest BCUT2D eigenvalue weighted by atomic mass is 9.44. The Bertz CT molecular complexity index is 614. The SMILES string of the molecule is CC(C)CCC[C@@H](C)[C@H]1CC[C@H]2[C@@H]3[C@@H](C)C[C@@H]4NC(=O)CC[C@]4(C)[C@H]3CC[C@]12C. The summed E-state index contributed by atoms with van der Waals surface area (Å²) < 4.78 is 0. The van der Waals surface area contributed by atoms with Gasteiger partial charge in [-0.1, -0.05) is 60.8 Å². The summed E-state index contributed by atoms with van der Waals surface area (Å²) in [4.78, 5) is 12.1. The molecule has 0 aromatic rings. The molecule has 0 radical (unpaired) electrons. The highest BCUT2D eigenvalue weighted by molar-refractivity contribution is 5.77. The third kappa shape index (κ3) is 3.59. The van der Waals surface area contributed by atoms with Crippen LogP contribution in [0.2, 0.25) is 0 Å². The van der Waals surface area contributed by atoms with Crippen LogP contribution in [0.15, 0.2) is 0 Å². The van der Waals surface area contributed by atoms with E-state index in [4.69, 9.17) is 0 Å². The molecule has 1 amide bonds. The van der Waals surface area contributed by atoms with Gasteiger partial charge in [-0.05, 0) is 90.8 Å². The first kappa shape index (κ1) is 21.7. The molecule has 4 aliphatic rings. The molecule has 0 spiro atoms. The summed E-state index contributed by atoms with van der Waals surface area (Å²) >= 11 is 0. The third-order valence-corrected chi connectivity index (χ3v) is 10.7. The first-order valence-electron chi connectivity index (χ1n) is 13.0. The molecule has 3 aliphatic carbocycles. The van der Waals surface area contributed by atoms with Gasteiger partial charge >= 0.3 is 0 Å². The predicted octanol–water partition coefficient (Wildman–Crippen LogP) is 6.83. The average molecular weight is 402 g/mol. The van der Waals surface area contributed by atoms with Crippen molar-refractivity contribution in [2.75, 3.05) is 0 Å². The van der Waals surface area contributed by atoms with E-state index in [1.807, 2.05) is 0 Å². The predicted molar refractivity (Wildman–Crippen MR) is 121 cm³/mol. The zero-order valence-electron chi connectivity index (χ0n) is 20.1. The van der Waals surface area contributed by atoms with Crippen LogP contribution in [-0.4, -0.2) is 11.9 Å². The fourth-order valence-corrected chi connectivity index (χ4v) is 9.07. The Balaban J connectivity index is 1.51. The van der Waals surface area contributed by atoms with Gasteiger partial charge in [-0.15, -0.1) is 0 Å². The van der Waals surface area contributed by atoms with Crippen molar-refractivity contribution in [1.82, 2.24) is 5.32 Å². The van der Waals surface area contributed by atoms with E-state index >= 15 is 0 Å². The molecule has 4 fully saturated rings. The molecule has 1 saturated heterocycles. The van der Waals surface area contributed by atoms with Crippen LogP contribution < -0.4 is 5.32 Å². The second-order valence-electron chi connectivity index (χ2n) is 12.7. The summed E-state index contributed by atoms with van der Waals surface area (Å²) in [6, 6.07) is 0.427. The lowest BCUT2D eigenvalue weighted by molar-refractivity contribution is -0.144. The first-order valence-corrected chi connectivity index (χ1v) is 13.0. The maximum absolute atomic E-state index is 12.1. The van der Waals surface area contributed by atoms with E-state index in [0.29, 0.717) is 22.8 Å². The summed E-state index contributed by atoms with van der Waals surface area (Å²) in [6.45, 7) is 15.0. The second kappa shape index (κ2) is 7.86. The molecule has 1 heterocycles. The van der Waals surface area contributed by atoms with Crippen molar-refractivity contribution >= 4 is 5.91 Å². The molecule has 2 nitrogen and oxygen atoms in total. The van der Waals surface area contributed by atoms with E-state index < -0.39 is 0 Å². The van der Waals surface area contributed by atoms with E-state index in [0.717, 1.165) is 54.3 Å². The topological polar surface area (TPSA) is 29.1 Å². The van der Waals surface area contributed by atoms with Crippen LogP contribution in [0, 0.1) is 52.3 Å². The normalized spacial score (nSPS) is 47.9. The lowest BCUT2D eigenvalue weighted by Gasteiger charge is -2.62. The molecule has 0 aromatic heterocycles. The standard InChI is InChI=1S/C27H47NO/c1-17(2)8-7-9-18(3)20-10-11-21-25-19(4)16-23-27(6,15-13-24(29)28-23)22(25)12-14-26(20,21)5/h17-23,25H,7-16H2,1-6H3,(H,28,29)/t18-,19+,20-,21+,22+,23+,25+,26-,27-/m1/s1. The fraction of sp³-hybridized carbons (Fsp3) is 0.963. The van der Waals surface area contributed by atoms with Gasteiger partial charge in [-0.2, -0.15) is 0 Å². The third-order valence-electron chi connectivity index (χ3n) is 10.7. The van der Waals surface area contributed by atoms with Crippen LogP contribution in [0.5, 0.6) is 0 Å². The van der Waals surface area contributed by atoms with Crippen LogP contribution >= 0.6 is 0 Å². The summed E-state index contributed by atoms with van der Waals surface area (Å²) in [5, 5.41) is 3.41. The van der Waals surface area contributed by atoms with E-state index in [9.17, 15) is 4.79 Å². The number of piperidine rings is 1. The zero-order chi connectivity index (χ0) is 21.0. The monoisotopic (exact) mass is 401 g/mol. The minimum atomic E-state index is 0.301. The Morgan fingerprint density at radius 1 is 1.00 bits per heavy atom. The van der Waals surface area contributed by atoms with Crippen molar-refractivity contribution in [2.24, 2.45) is 52.3 Å². The number of hydrogen-bond donors (Lipinski definition) is 1. The van der Waals surface area contributed by atoms with Crippen LogP contribution in [0.3, 0.4) is 0 Å². The number of carbonyl (C=O) groups is 1. The van der Waals surface area contributed by atoms with Crippen molar-refractivity contribution in [2.45, 2.75) is 112 Å². The molecular weight excluding hydrogens is 354 g/mol. The van der Waals surface area contributed by atoms with Gasteiger partial charge in [0.05, 0.1) is 0 Å². The van der Waals surface area contributed by atoms with Gasteiger partial charge in [0.1, 0.15) is 0 Å². The van der Waals surface area contributed by atoms with E-state index in [1.54, 1.807) is 0 Å². The highest BCUT2D eigenvalue weighted by Crippen LogP contribution is 2.67. The summed E-state index contributed by atoms with van der Waals surface area (Å²) in [6.07, 6.45) is 13.1. The number of hydrogen-bond acceptors (Lipinski definition) is 1. The van der Waals surface area contributed by atoms with Gasteiger partial charge in [0.15, 0.2) is 0 Å². The molecule has 0 unspecified atom stereocenters. The molecule has 2 heteroatoms. The van der Waals surface area contributed by atoms with Gasteiger partial charge in [0, 0.05) is 12.5 Å². The van der Waals surface area contributed by atoms with Crippen molar-refractivity contribution in [1.29, 1.82) is 0 Å². The molecular formula is C27H47NO. The molecule has 3 saturated carbocycles. The van der Waals surface area contributed by atoms with Crippen LogP contribution in [0.1, 0.15) is 106 Å². The molecule has 29 heavy (non-hydrogen) atoms. The summed E-state index contributed by atoms with van der Waals surface area (Å²) in [5.41, 5.74) is 0.904. The maximum Gasteiger partial charge on any atom is 0.220 e. The first-order chi connectivity index (χ1) is 13.7. The zero-order valence-corrected chi connectivity index (χ0v) is 20.1. The number of nitrogens with one attached hydrogen (secondary N) is 1. The maximum atomic E-state index is 12.1. The van der Waals surface area contributed by atoms with Crippen molar-refractivity contribution in [3.63, 3.8) is 0 Å². The number of fused-ring (bicyclic) bond motifs is 5. The smallest absolute Gasteiger partial charge is 0.220 e. The van der Waals surface area contributed by atoms with Gasteiger partial charge in [-0.25, -0.2) is 0 Å². The highest BCUT2D eigenvalue weighted by Gasteiger charge is 2.62. The van der Waals surface area contributed by atoms with E-state index in [-0.39, 0.29) is 0 Å². The van der Waals surface area contributed by atoms with Gasteiger partial charge < -0.3 is 5.32 Å². The Morgan fingerprint density at radius 3 is 2.45 bits per heavy atom. The highest BCUT2D eigenvalue weighted by atomic mass is 16.1.